The molecule has 0 radical (unpaired) electrons. The van der Waals surface area contributed by atoms with Gasteiger partial charge >= 0.3 is 0 Å². The minimum absolute atomic E-state index is 0.988. The van der Waals surface area contributed by atoms with Gasteiger partial charge in [0.15, 0.2) is 0 Å². The monoisotopic (exact) mass is 374 g/mol. The summed E-state index contributed by atoms with van der Waals surface area (Å²) in [5.74, 6) is 0. The van der Waals surface area contributed by atoms with E-state index in [0.29, 0.717) is 0 Å². The van der Waals surface area contributed by atoms with Crippen molar-refractivity contribution in [2.75, 3.05) is 0 Å². The van der Waals surface area contributed by atoms with Gasteiger partial charge in [0.1, 0.15) is 0 Å². The van der Waals surface area contributed by atoms with Gasteiger partial charge in [0.2, 0.25) is 0 Å². The van der Waals surface area contributed by atoms with E-state index < -0.39 is 0 Å². The lowest BCUT2D eigenvalue weighted by Gasteiger charge is -2.17. The van der Waals surface area contributed by atoms with Crippen LogP contribution in [-0.4, -0.2) is 9.55 Å². The van der Waals surface area contributed by atoms with Crippen LogP contribution in [0.15, 0.2) is 84.6 Å². The first-order valence-corrected chi connectivity index (χ1v) is 10.2. The second-order valence-electron chi connectivity index (χ2n) is 7.38. The fraction of sp³-hybridized carbons (Fsp3) is 0.148. The van der Waals surface area contributed by atoms with Gasteiger partial charge in [-0.15, -0.1) is 0 Å². The lowest BCUT2D eigenvalue weighted by molar-refractivity contribution is 0.890. The Labute approximate surface area is 171 Å². The lowest BCUT2D eigenvalue weighted by Crippen LogP contribution is -2.00. The molecule has 0 saturated carbocycles. The predicted molar refractivity (Wildman–Crippen MR) is 121 cm³/mol. The third kappa shape index (κ3) is 3.15. The summed E-state index contributed by atoms with van der Waals surface area (Å²) < 4.78 is 2.39. The van der Waals surface area contributed by atoms with Crippen molar-refractivity contribution in [2.45, 2.75) is 26.2 Å². The number of benzene rings is 1. The van der Waals surface area contributed by atoms with E-state index in [0.717, 1.165) is 35.9 Å². The molecule has 0 saturated heterocycles. The fourth-order valence-corrected chi connectivity index (χ4v) is 4.15. The highest BCUT2D eigenvalue weighted by Crippen LogP contribution is 2.34. The van der Waals surface area contributed by atoms with Crippen molar-refractivity contribution in [3.05, 3.63) is 102 Å². The Morgan fingerprint density at radius 2 is 1.86 bits per heavy atom. The van der Waals surface area contributed by atoms with Crippen molar-refractivity contribution in [1.82, 2.24) is 9.55 Å². The minimum atomic E-state index is 0.988. The zero-order chi connectivity index (χ0) is 19.6. The van der Waals surface area contributed by atoms with Crippen LogP contribution < -0.4 is 0 Å². The quantitative estimate of drug-likeness (QED) is 0.384. The number of aromatic nitrogens is 2. The standard InChI is InChI=1S/C27H22N2/c1-2-20-14-16-22(21-9-4-3-5-10-21)19-23(17-15-20)29-25-12-7-6-11-24(25)27-26(29)13-8-18-28-27/h4,6-14,16,18-19H,2,15,17H2,1H3/b20-14-,22-16+,23-19+. The van der Waals surface area contributed by atoms with Crippen molar-refractivity contribution in [3.8, 4) is 0 Å². The Hall–Kier alpha value is -3.57. The molecule has 2 nitrogen and oxygen atoms in total. The van der Waals surface area contributed by atoms with Gasteiger partial charge in [-0.1, -0.05) is 55.0 Å². The molecule has 2 heteroatoms. The molecule has 1 aliphatic rings. The van der Waals surface area contributed by atoms with Gasteiger partial charge in [-0.2, -0.15) is 0 Å². The average molecular weight is 374 g/mol. The molecule has 4 aromatic rings. The molecule has 0 spiro atoms. The summed E-state index contributed by atoms with van der Waals surface area (Å²) in [6.45, 7) is 2.24. The van der Waals surface area contributed by atoms with Crippen LogP contribution in [0, 0.1) is 12.1 Å². The zero-order valence-corrected chi connectivity index (χ0v) is 16.5. The summed E-state index contributed by atoms with van der Waals surface area (Å²) in [6, 6.07) is 24.9. The maximum atomic E-state index is 4.69. The topological polar surface area (TPSA) is 17.8 Å². The van der Waals surface area contributed by atoms with Gasteiger partial charge in [0, 0.05) is 17.3 Å². The van der Waals surface area contributed by atoms with Gasteiger partial charge in [0.25, 0.3) is 0 Å². The van der Waals surface area contributed by atoms with Gasteiger partial charge in [-0.3, -0.25) is 4.98 Å². The van der Waals surface area contributed by atoms with Crippen LogP contribution in [0.5, 0.6) is 0 Å². The van der Waals surface area contributed by atoms with E-state index in [2.05, 4.69) is 78.2 Å². The van der Waals surface area contributed by atoms with E-state index in [-0.39, 0.29) is 0 Å². The summed E-state index contributed by atoms with van der Waals surface area (Å²) in [4.78, 5) is 4.69. The summed E-state index contributed by atoms with van der Waals surface area (Å²) in [5, 5.41) is 1.20. The first-order valence-electron chi connectivity index (χ1n) is 10.2. The van der Waals surface area contributed by atoms with E-state index in [1.54, 1.807) is 0 Å². The lowest BCUT2D eigenvalue weighted by atomic mass is 9.97. The predicted octanol–water partition coefficient (Wildman–Crippen LogP) is 6.84. The molecule has 2 heterocycles. The maximum Gasteiger partial charge on any atom is 0.0963 e. The van der Waals surface area contributed by atoms with Gasteiger partial charge in [0.05, 0.1) is 16.6 Å². The molecule has 0 unspecified atom stereocenters. The first kappa shape index (κ1) is 17.5. The molecule has 0 N–H and O–H groups in total. The molecule has 1 aliphatic carbocycles. The molecule has 29 heavy (non-hydrogen) atoms. The number of rotatable bonds is 3. The Morgan fingerprint density at radius 1 is 0.966 bits per heavy atom. The van der Waals surface area contributed by atoms with Gasteiger partial charge in [-0.05, 0) is 72.9 Å². The molecular formula is C27H22N2. The van der Waals surface area contributed by atoms with E-state index in [1.165, 1.54) is 27.7 Å². The van der Waals surface area contributed by atoms with E-state index in [1.807, 2.05) is 24.4 Å². The minimum Gasteiger partial charge on any atom is -0.311 e. The van der Waals surface area contributed by atoms with Crippen molar-refractivity contribution >= 4 is 33.2 Å². The van der Waals surface area contributed by atoms with Crippen molar-refractivity contribution in [3.63, 3.8) is 0 Å². The highest BCUT2D eigenvalue weighted by atomic mass is 15.0. The molecule has 2 aromatic carbocycles. The molecule has 0 amide bonds. The molecule has 0 fully saturated rings. The van der Waals surface area contributed by atoms with Crippen molar-refractivity contribution < 1.29 is 0 Å². The van der Waals surface area contributed by atoms with Crippen LogP contribution in [0.1, 0.15) is 31.7 Å². The van der Waals surface area contributed by atoms with Crippen LogP contribution in [0.2, 0.25) is 0 Å². The van der Waals surface area contributed by atoms with Crippen LogP contribution in [-0.2, 0) is 0 Å². The number of hydrogen-bond acceptors (Lipinski definition) is 1. The largest absolute Gasteiger partial charge is 0.311 e. The molecule has 0 atom stereocenters. The third-order valence-corrected chi connectivity index (χ3v) is 5.68. The van der Waals surface area contributed by atoms with Crippen molar-refractivity contribution in [1.29, 1.82) is 0 Å². The first-order chi connectivity index (χ1) is 14.3. The highest BCUT2D eigenvalue weighted by Gasteiger charge is 2.16. The van der Waals surface area contributed by atoms with E-state index in [4.69, 9.17) is 4.98 Å². The zero-order valence-electron chi connectivity index (χ0n) is 16.5. The number of para-hydroxylation sites is 1. The van der Waals surface area contributed by atoms with Crippen LogP contribution in [0.4, 0.5) is 0 Å². The number of nitrogens with zero attached hydrogens (tertiary/aromatic N) is 2. The highest BCUT2D eigenvalue weighted by molar-refractivity contribution is 6.08. The second-order valence-corrected chi connectivity index (χ2v) is 7.38. The Balaban J connectivity index is 1.76. The van der Waals surface area contributed by atoms with Crippen LogP contribution in [0.3, 0.4) is 0 Å². The molecule has 0 aliphatic heterocycles. The fourth-order valence-electron chi connectivity index (χ4n) is 4.15. The summed E-state index contributed by atoms with van der Waals surface area (Å²) in [5.41, 5.74) is 8.56. The van der Waals surface area contributed by atoms with Crippen molar-refractivity contribution in [2.24, 2.45) is 0 Å². The SMILES string of the molecule is CC/C1=C/C=C(c2cc#ccc2)\C=C(\n2c3ccccc3c3ncccc32)CC1. The second kappa shape index (κ2) is 7.45. The third-order valence-electron chi connectivity index (χ3n) is 5.68. The van der Waals surface area contributed by atoms with E-state index in [9.17, 15) is 0 Å². The maximum absolute atomic E-state index is 4.69. The average Bonchev–Trinajstić information content (AvgIpc) is 3.10. The molecule has 140 valence electrons. The van der Waals surface area contributed by atoms with Crippen LogP contribution in [0.25, 0.3) is 33.2 Å². The Bertz CT molecular complexity index is 1220. The molecule has 2 aromatic heterocycles. The molecular weight excluding hydrogens is 352 g/mol. The van der Waals surface area contributed by atoms with Crippen LogP contribution >= 0.6 is 0 Å². The number of fused-ring (bicyclic) bond motifs is 3. The molecule has 5 rings (SSSR count). The van der Waals surface area contributed by atoms with Gasteiger partial charge < -0.3 is 4.57 Å². The number of allylic oxidation sites excluding steroid dienone is 6. The number of pyridine rings is 1. The summed E-state index contributed by atoms with van der Waals surface area (Å²) in [7, 11) is 0. The van der Waals surface area contributed by atoms with E-state index >= 15 is 0 Å². The Kier molecular flexibility index (Phi) is 4.50. The molecule has 0 bridgehead atoms. The number of hydrogen-bond donors (Lipinski definition) is 0. The van der Waals surface area contributed by atoms with Gasteiger partial charge in [-0.25, -0.2) is 0 Å². The summed E-state index contributed by atoms with van der Waals surface area (Å²) in [6.07, 6.45) is 11.9. The normalized spacial score (nSPS) is 20.0. The Morgan fingerprint density at radius 3 is 2.72 bits per heavy atom. The summed E-state index contributed by atoms with van der Waals surface area (Å²) >= 11 is 0. The smallest absolute Gasteiger partial charge is 0.0963 e.